The molecule has 1 atom stereocenters. The number of hydrogen-bond donors (Lipinski definition) is 2. The number of pyridine rings is 2. The predicted molar refractivity (Wildman–Crippen MR) is 130 cm³/mol. The van der Waals surface area contributed by atoms with Gasteiger partial charge in [-0.1, -0.05) is 12.1 Å². The van der Waals surface area contributed by atoms with Crippen LogP contribution < -0.4 is 20.8 Å². The molecule has 0 radical (unpaired) electrons. The van der Waals surface area contributed by atoms with E-state index >= 15 is 0 Å². The van der Waals surface area contributed by atoms with E-state index < -0.39 is 31.6 Å². The molecule has 1 saturated carbocycles. The Morgan fingerprint density at radius 1 is 1.23 bits per heavy atom. The molecule has 1 aliphatic carbocycles. The molecule has 0 aliphatic heterocycles. The third-order valence-corrected chi connectivity index (χ3v) is 8.01. The monoisotopic (exact) mass is 501 g/mol. The number of benzene rings is 1. The molecule has 0 saturated heterocycles. The standard InChI is InChI=1S/C23H27N5O6S/c1-34-17-12-21-18(25-13-17)10-11-23(29)27(21)14-19(15-6-8-16(24)9-7-15)26-35(32,33)22-5-3-2-4-20(22)28(30)31/h2-5,10-13,15-16,19,26H,6-9,14,24H2,1H3. The maximum Gasteiger partial charge on any atom is 0.289 e. The summed E-state index contributed by atoms with van der Waals surface area (Å²) in [7, 11) is -2.79. The highest BCUT2D eigenvalue weighted by Crippen LogP contribution is 2.30. The molecule has 35 heavy (non-hydrogen) atoms. The second kappa shape index (κ2) is 10.1. The number of fused-ring (bicyclic) bond motifs is 1. The largest absolute Gasteiger partial charge is 0.495 e. The van der Waals surface area contributed by atoms with Gasteiger partial charge in [-0.25, -0.2) is 13.1 Å². The van der Waals surface area contributed by atoms with Crippen LogP contribution in [0.15, 0.2) is 58.4 Å². The zero-order valence-corrected chi connectivity index (χ0v) is 20.0. The van der Waals surface area contributed by atoms with Crippen LogP contribution >= 0.6 is 0 Å². The Balaban J connectivity index is 1.76. The van der Waals surface area contributed by atoms with Crippen LogP contribution in [0.3, 0.4) is 0 Å². The number of nitro benzene ring substituents is 1. The first kappa shape index (κ1) is 24.8. The van der Waals surface area contributed by atoms with Crippen molar-refractivity contribution in [2.45, 2.75) is 49.2 Å². The Kier molecular flexibility index (Phi) is 7.15. The van der Waals surface area contributed by atoms with Crippen molar-refractivity contribution in [3.05, 3.63) is 69.1 Å². The Morgan fingerprint density at radius 3 is 2.63 bits per heavy atom. The summed E-state index contributed by atoms with van der Waals surface area (Å²) in [6.45, 7) is 0.0186. The summed E-state index contributed by atoms with van der Waals surface area (Å²) in [6.07, 6.45) is 4.29. The van der Waals surface area contributed by atoms with Crippen molar-refractivity contribution < 1.29 is 18.1 Å². The summed E-state index contributed by atoms with van der Waals surface area (Å²) in [6, 6.07) is 9.18. The van der Waals surface area contributed by atoms with E-state index in [1.807, 2.05) is 0 Å². The fraction of sp³-hybridized carbons (Fsp3) is 0.391. The number of hydrogen-bond acceptors (Lipinski definition) is 8. The highest BCUT2D eigenvalue weighted by molar-refractivity contribution is 7.89. The summed E-state index contributed by atoms with van der Waals surface area (Å²) in [5.41, 5.74) is 6.27. The summed E-state index contributed by atoms with van der Waals surface area (Å²) < 4.78 is 36.1. The first-order valence-electron chi connectivity index (χ1n) is 11.2. The fourth-order valence-electron chi connectivity index (χ4n) is 4.57. The van der Waals surface area contributed by atoms with Gasteiger partial charge in [-0.05, 0) is 43.7 Å². The minimum absolute atomic E-state index is 0.0186. The van der Waals surface area contributed by atoms with Crippen LogP contribution in [0.1, 0.15) is 25.7 Å². The normalized spacial score (nSPS) is 19.4. The van der Waals surface area contributed by atoms with Crippen molar-refractivity contribution in [2.24, 2.45) is 11.7 Å². The van der Waals surface area contributed by atoms with Crippen LogP contribution in [0.25, 0.3) is 11.0 Å². The lowest BCUT2D eigenvalue weighted by Gasteiger charge is -2.33. The van der Waals surface area contributed by atoms with E-state index in [4.69, 9.17) is 10.5 Å². The topological polar surface area (TPSA) is 159 Å². The number of aromatic nitrogens is 2. The number of ether oxygens (including phenoxy) is 1. The second-order valence-corrected chi connectivity index (χ2v) is 10.4. The van der Waals surface area contributed by atoms with Gasteiger partial charge in [0.2, 0.25) is 10.0 Å². The van der Waals surface area contributed by atoms with Gasteiger partial charge in [-0.2, -0.15) is 0 Å². The molecule has 1 aromatic carbocycles. The smallest absolute Gasteiger partial charge is 0.289 e. The van der Waals surface area contributed by atoms with E-state index in [1.54, 1.807) is 12.1 Å². The predicted octanol–water partition coefficient (Wildman–Crippen LogP) is 2.18. The fourth-order valence-corrected chi connectivity index (χ4v) is 6.04. The summed E-state index contributed by atoms with van der Waals surface area (Å²) in [4.78, 5) is 27.5. The number of nitrogens with two attached hydrogens (primary N) is 1. The van der Waals surface area contributed by atoms with Crippen molar-refractivity contribution in [2.75, 3.05) is 7.11 Å². The summed E-state index contributed by atoms with van der Waals surface area (Å²) in [5.74, 6) is 0.339. The van der Waals surface area contributed by atoms with Crippen LogP contribution in [-0.2, 0) is 16.6 Å². The molecule has 0 bridgehead atoms. The van der Waals surface area contributed by atoms with Gasteiger partial charge in [0.05, 0.1) is 29.3 Å². The van der Waals surface area contributed by atoms with Gasteiger partial charge in [0.25, 0.3) is 11.2 Å². The Labute approximate surface area is 202 Å². The Bertz CT molecular complexity index is 1400. The van der Waals surface area contributed by atoms with Crippen molar-refractivity contribution >= 4 is 26.7 Å². The van der Waals surface area contributed by atoms with Gasteiger partial charge in [-0.15, -0.1) is 0 Å². The number of nitrogens with zero attached hydrogens (tertiary/aromatic N) is 3. The summed E-state index contributed by atoms with van der Waals surface area (Å²) >= 11 is 0. The molecule has 1 fully saturated rings. The summed E-state index contributed by atoms with van der Waals surface area (Å²) in [5, 5.41) is 11.5. The maximum atomic E-state index is 13.4. The Morgan fingerprint density at radius 2 is 1.94 bits per heavy atom. The molecule has 186 valence electrons. The van der Waals surface area contributed by atoms with Gasteiger partial charge in [0.15, 0.2) is 4.90 Å². The molecule has 3 aromatic rings. The molecule has 12 heteroatoms. The van der Waals surface area contributed by atoms with Crippen LogP contribution in [-0.4, -0.2) is 42.1 Å². The van der Waals surface area contributed by atoms with E-state index in [2.05, 4.69) is 9.71 Å². The third-order valence-electron chi connectivity index (χ3n) is 6.47. The van der Waals surface area contributed by atoms with E-state index in [1.165, 1.54) is 42.1 Å². The van der Waals surface area contributed by atoms with Gasteiger partial charge in [-0.3, -0.25) is 19.9 Å². The number of methoxy groups -OCH3 is 1. The highest BCUT2D eigenvalue weighted by Gasteiger charge is 2.33. The lowest BCUT2D eigenvalue weighted by molar-refractivity contribution is -0.387. The number of sulfonamides is 1. The first-order chi connectivity index (χ1) is 16.7. The number of nitro groups is 1. The molecule has 2 aromatic heterocycles. The average Bonchev–Trinajstić information content (AvgIpc) is 2.85. The molecule has 0 amide bonds. The molecule has 1 aliphatic rings. The number of rotatable bonds is 8. The van der Waals surface area contributed by atoms with E-state index in [0.29, 0.717) is 42.5 Å². The second-order valence-electron chi connectivity index (χ2n) is 8.69. The maximum absolute atomic E-state index is 13.4. The molecule has 3 N–H and O–H groups in total. The molecule has 1 unspecified atom stereocenters. The van der Waals surface area contributed by atoms with Gasteiger partial charge in [0, 0.05) is 36.8 Å². The number of para-hydroxylation sites is 1. The van der Waals surface area contributed by atoms with E-state index in [-0.39, 0.29) is 24.1 Å². The van der Waals surface area contributed by atoms with Gasteiger partial charge < -0.3 is 15.0 Å². The van der Waals surface area contributed by atoms with Crippen molar-refractivity contribution in [3.8, 4) is 5.75 Å². The lowest BCUT2D eigenvalue weighted by atomic mass is 9.82. The van der Waals surface area contributed by atoms with Crippen molar-refractivity contribution in [3.63, 3.8) is 0 Å². The van der Waals surface area contributed by atoms with Crippen molar-refractivity contribution in [1.82, 2.24) is 14.3 Å². The van der Waals surface area contributed by atoms with Crippen LogP contribution in [0.4, 0.5) is 5.69 Å². The molecule has 0 spiro atoms. The van der Waals surface area contributed by atoms with Gasteiger partial charge in [0.1, 0.15) is 5.75 Å². The lowest BCUT2D eigenvalue weighted by Crippen LogP contribution is -2.46. The van der Waals surface area contributed by atoms with Crippen LogP contribution in [0.5, 0.6) is 5.75 Å². The third kappa shape index (κ3) is 5.34. The first-order valence-corrected chi connectivity index (χ1v) is 12.7. The Hall–Kier alpha value is -3.35. The van der Waals surface area contributed by atoms with Crippen molar-refractivity contribution in [1.29, 1.82) is 0 Å². The molecular weight excluding hydrogens is 474 g/mol. The highest BCUT2D eigenvalue weighted by atomic mass is 32.2. The van der Waals surface area contributed by atoms with Crippen LogP contribution in [0, 0.1) is 16.0 Å². The van der Waals surface area contributed by atoms with E-state index in [9.17, 15) is 23.3 Å². The zero-order valence-electron chi connectivity index (χ0n) is 19.2. The molecule has 11 nitrogen and oxygen atoms in total. The average molecular weight is 502 g/mol. The quantitative estimate of drug-likeness (QED) is 0.351. The number of nitrogens with one attached hydrogen (secondary N) is 1. The van der Waals surface area contributed by atoms with Crippen LogP contribution in [0.2, 0.25) is 0 Å². The molecular formula is C23H27N5O6S. The minimum Gasteiger partial charge on any atom is -0.495 e. The van der Waals surface area contributed by atoms with E-state index in [0.717, 1.165) is 6.07 Å². The molecule has 4 rings (SSSR count). The minimum atomic E-state index is -4.28. The SMILES string of the molecule is COc1cnc2ccc(=O)n(CC(NS(=O)(=O)c3ccccc3[N+](=O)[O-])C3CCC(N)CC3)c2c1. The molecule has 2 heterocycles. The van der Waals surface area contributed by atoms with Gasteiger partial charge >= 0.3 is 0 Å². The zero-order chi connectivity index (χ0) is 25.2.